The normalized spacial score (nSPS) is 18.5. The van der Waals surface area contributed by atoms with Crippen LogP contribution in [0, 0.1) is 0 Å². The first kappa shape index (κ1) is 11.9. The summed E-state index contributed by atoms with van der Waals surface area (Å²) in [6, 6.07) is 6.60. The van der Waals surface area contributed by atoms with Crippen LogP contribution in [0.5, 0.6) is 0 Å². The Labute approximate surface area is 99.8 Å². The number of esters is 1. The summed E-state index contributed by atoms with van der Waals surface area (Å²) in [5.41, 5.74) is 1.22. The summed E-state index contributed by atoms with van der Waals surface area (Å²) in [6.07, 6.45) is 0.762. The maximum absolute atomic E-state index is 11.4. The predicted octanol–water partition coefficient (Wildman–Crippen LogP) is -0.882. The molecule has 1 aliphatic rings. The Morgan fingerprint density at radius 2 is 2.29 bits per heavy atom. The van der Waals surface area contributed by atoms with E-state index in [1.165, 1.54) is 7.11 Å². The second-order valence-corrected chi connectivity index (χ2v) is 3.99. The van der Waals surface area contributed by atoms with Gasteiger partial charge in [-0.1, -0.05) is 12.1 Å². The Bertz CT molecular complexity index is 424. The van der Waals surface area contributed by atoms with Crippen LogP contribution in [0.1, 0.15) is 6.42 Å². The average Bonchev–Trinajstić information content (AvgIpc) is 2.27. The van der Waals surface area contributed by atoms with E-state index in [1.807, 2.05) is 11.0 Å². The molecule has 1 unspecified atom stereocenters. The van der Waals surface area contributed by atoms with Crippen molar-refractivity contribution >= 4 is 24.2 Å². The zero-order valence-electron chi connectivity index (χ0n) is 9.54. The Kier molecular flexibility index (Phi) is 3.35. The van der Waals surface area contributed by atoms with Crippen LogP contribution in [0.3, 0.4) is 0 Å². The fourth-order valence-corrected chi connectivity index (χ4v) is 1.94. The quantitative estimate of drug-likeness (QED) is 0.525. The van der Waals surface area contributed by atoms with Crippen molar-refractivity contribution in [3.05, 3.63) is 24.3 Å². The van der Waals surface area contributed by atoms with E-state index in [4.69, 9.17) is 14.8 Å². The summed E-state index contributed by atoms with van der Waals surface area (Å²) in [7, 11) is -0.125. The van der Waals surface area contributed by atoms with Gasteiger partial charge in [0.2, 0.25) is 0 Å². The van der Waals surface area contributed by atoms with E-state index in [9.17, 15) is 4.79 Å². The van der Waals surface area contributed by atoms with Crippen molar-refractivity contribution in [2.45, 2.75) is 12.5 Å². The minimum Gasteiger partial charge on any atom is -0.467 e. The van der Waals surface area contributed by atoms with E-state index in [0.717, 1.165) is 18.7 Å². The van der Waals surface area contributed by atoms with Crippen molar-refractivity contribution < 1.29 is 19.6 Å². The Morgan fingerprint density at radius 3 is 2.82 bits per heavy atom. The lowest BCUT2D eigenvalue weighted by Gasteiger charge is -2.40. The summed E-state index contributed by atoms with van der Waals surface area (Å²) in [5.74, 6) is -0.258. The molecule has 1 fully saturated rings. The van der Waals surface area contributed by atoms with Gasteiger partial charge in [0.25, 0.3) is 0 Å². The van der Waals surface area contributed by atoms with Crippen molar-refractivity contribution in [1.82, 2.24) is 0 Å². The number of carbonyl (C=O) groups excluding carboxylic acids is 1. The van der Waals surface area contributed by atoms with E-state index in [0.29, 0.717) is 5.46 Å². The molecule has 1 aromatic carbocycles. The largest absolute Gasteiger partial charge is 0.488 e. The number of rotatable bonds is 3. The molecule has 5 nitrogen and oxygen atoms in total. The van der Waals surface area contributed by atoms with Gasteiger partial charge in [-0.2, -0.15) is 0 Å². The molecule has 1 atom stereocenters. The van der Waals surface area contributed by atoms with Crippen molar-refractivity contribution in [3.8, 4) is 0 Å². The fourth-order valence-electron chi connectivity index (χ4n) is 1.94. The van der Waals surface area contributed by atoms with E-state index >= 15 is 0 Å². The minimum absolute atomic E-state index is 0.258. The van der Waals surface area contributed by atoms with Gasteiger partial charge in [0, 0.05) is 12.2 Å². The summed E-state index contributed by atoms with van der Waals surface area (Å²) in [6.45, 7) is 0.769. The third-order valence-electron chi connectivity index (χ3n) is 2.99. The first-order valence-electron chi connectivity index (χ1n) is 5.44. The smallest absolute Gasteiger partial charge is 0.467 e. The monoisotopic (exact) mass is 235 g/mol. The number of anilines is 1. The molecule has 2 N–H and O–H groups in total. The third-order valence-corrected chi connectivity index (χ3v) is 2.99. The van der Waals surface area contributed by atoms with Gasteiger partial charge in [-0.25, -0.2) is 4.79 Å². The fraction of sp³-hybridized carbons (Fsp3) is 0.364. The molecule has 0 bridgehead atoms. The Balaban J connectivity index is 2.17. The second-order valence-electron chi connectivity index (χ2n) is 3.99. The summed E-state index contributed by atoms with van der Waals surface area (Å²) in [4.78, 5) is 13.3. The number of benzene rings is 1. The van der Waals surface area contributed by atoms with Crippen LogP contribution in [0.4, 0.5) is 5.69 Å². The van der Waals surface area contributed by atoms with Crippen molar-refractivity contribution in [2.24, 2.45) is 0 Å². The van der Waals surface area contributed by atoms with Crippen LogP contribution < -0.4 is 10.4 Å². The zero-order chi connectivity index (χ0) is 12.4. The SMILES string of the molecule is COC(=O)C1CCN1c1cccc(B(O)O)c1. The van der Waals surface area contributed by atoms with E-state index < -0.39 is 7.12 Å². The first-order chi connectivity index (χ1) is 8.13. The van der Waals surface area contributed by atoms with Crippen LogP contribution in [-0.2, 0) is 9.53 Å². The molecule has 0 aliphatic carbocycles. The molecular weight excluding hydrogens is 221 g/mol. The standard InChI is InChI=1S/C11H14BNO4/c1-17-11(14)10-5-6-13(10)9-4-2-3-8(7-9)12(15)16/h2-4,7,10,15-16H,5-6H2,1H3. The average molecular weight is 235 g/mol. The number of hydrogen-bond acceptors (Lipinski definition) is 5. The number of hydrogen-bond donors (Lipinski definition) is 2. The zero-order valence-corrected chi connectivity index (χ0v) is 9.54. The third kappa shape index (κ3) is 2.27. The molecule has 1 saturated heterocycles. The molecule has 1 heterocycles. The first-order valence-corrected chi connectivity index (χ1v) is 5.44. The summed E-state index contributed by atoms with van der Waals surface area (Å²) < 4.78 is 4.70. The maximum atomic E-state index is 11.4. The molecule has 17 heavy (non-hydrogen) atoms. The van der Waals surface area contributed by atoms with Gasteiger partial charge in [-0.15, -0.1) is 0 Å². The lowest BCUT2D eigenvalue weighted by molar-refractivity contribution is -0.143. The van der Waals surface area contributed by atoms with Gasteiger partial charge in [0.1, 0.15) is 6.04 Å². The van der Waals surface area contributed by atoms with Crippen LogP contribution in [0.2, 0.25) is 0 Å². The van der Waals surface area contributed by atoms with E-state index in [2.05, 4.69) is 0 Å². The highest BCUT2D eigenvalue weighted by Gasteiger charge is 2.35. The Hall–Kier alpha value is -1.53. The number of methoxy groups -OCH3 is 1. The van der Waals surface area contributed by atoms with Gasteiger partial charge >= 0.3 is 13.1 Å². The van der Waals surface area contributed by atoms with Gasteiger partial charge in [0.05, 0.1) is 7.11 Å². The van der Waals surface area contributed by atoms with Crippen molar-refractivity contribution in [1.29, 1.82) is 0 Å². The summed E-state index contributed by atoms with van der Waals surface area (Å²) in [5, 5.41) is 18.2. The number of carbonyl (C=O) groups is 1. The lowest BCUT2D eigenvalue weighted by atomic mass is 9.80. The molecule has 6 heteroatoms. The molecule has 0 saturated carbocycles. The van der Waals surface area contributed by atoms with Crippen molar-refractivity contribution in [2.75, 3.05) is 18.6 Å². The van der Waals surface area contributed by atoms with Gasteiger partial charge in [-0.05, 0) is 24.0 Å². The van der Waals surface area contributed by atoms with Gasteiger partial charge in [0.15, 0.2) is 0 Å². The highest BCUT2D eigenvalue weighted by molar-refractivity contribution is 6.58. The predicted molar refractivity (Wildman–Crippen MR) is 64.0 cm³/mol. The molecule has 1 aliphatic heterocycles. The van der Waals surface area contributed by atoms with Crippen LogP contribution in [0.25, 0.3) is 0 Å². The Morgan fingerprint density at radius 1 is 1.53 bits per heavy atom. The van der Waals surface area contributed by atoms with E-state index in [1.54, 1.807) is 18.2 Å². The number of nitrogens with zero attached hydrogens (tertiary/aromatic N) is 1. The van der Waals surface area contributed by atoms with Crippen LogP contribution in [-0.4, -0.2) is 42.8 Å². The number of ether oxygens (including phenoxy) is 1. The minimum atomic E-state index is -1.49. The molecule has 90 valence electrons. The summed E-state index contributed by atoms with van der Waals surface area (Å²) >= 11 is 0. The highest BCUT2D eigenvalue weighted by Crippen LogP contribution is 2.26. The molecule has 2 rings (SSSR count). The van der Waals surface area contributed by atoms with Crippen molar-refractivity contribution in [3.63, 3.8) is 0 Å². The van der Waals surface area contributed by atoms with E-state index in [-0.39, 0.29) is 12.0 Å². The molecule has 1 aromatic rings. The molecule has 0 spiro atoms. The lowest BCUT2D eigenvalue weighted by Crippen LogP contribution is -2.53. The molecular formula is C11H14BNO4. The van der Waals surface area contributed by atoms with Gasteiger partial charge < -0.3 is 19.7 Å². The van der Waals surface area contributed by atoms with Crippen LogP contribution >= 0.6 is 0 Å². The second kappa shape index (κ2) is 4.77. The van der Waals surface area contributed by atoms with Crippen LogP contribution in [0.15, 0.2) is 24.3 Å². The molecule has 0 amide bonds. The maximum Gasteiger partial charge on any atom is 0.488 e. The topological polar surface area (TPSA) is 70.0 Å². The highest BCUT2D eigenvalue weighted by atomic mass is 16.5. The van der Waals surface area contributed by atoms with Gasteiger partial charge in [-0.3, -0.25) is 0 Å². The molecule has 0 aromatic heterocycles. The molecule has 0 radical (unpaired) electrons.